The lowest BCUT2D eigenvalue weighted by atomic mass is 9.69. The van der Waals surface area contributed by atoms with Crippen molar-refractivity contribution in [3.05, 3.63) is 35.9 Å². The number of ketones is 1. The van der Waals surface area contributed by atoms with Crippen LogP contribution in [0.25, 0.3) is 0 Å². The Bertz CT molecular complexity index is 1200. The Kier molecular flexibility index (Phi) is 12.0. The van der Waals surface area contributed by atoms with Crippen LogP contribution in [0.15, 0.2) is 40.5 Å². The average molecular weight is 619 g/mol. The summed E-state index contributed by atoms with van der Waals surface area (Å²) in [7, 11) is 0. The molecule has 1 amide bonds. The summed E-state index contributed by atoms with van der Waals surface area (Å²) in [5.41, 5.74) is -3.14. The van der Waals surface area contributed by atoms with Crippen molar-refractivity contribution in [2.75, 3.05) is 6.61 Å². The fraction of sp³-hybridized carbons (Fsp3) is 0.706. The van der Waals surface area contributed by atoms with Gasteiger partial charge in [-0.3, -0.25) is 9.59 Å². The van der Waals surface area contributed by atoms with Gasteiger partial charge >= 0.3 is 0 Å². The van der Waals surface area contributed by atoms with Gasteiger partial charge in [-0.1, -0.05) is 63.2 Å². The van der Waals surface area contributed by atoms with Gasteiger partial charge in [0.15, 0.2) is 12.1 Å². The molecular formula is C34H51FN2O7. The SMILES string of the molecule is CC[C@H]1O[C@H](O)[C@@](C)(F)C(=O)[C@H](C)C[C@@]2(C)C[C@@H](C)C(=NC(C)=O)[C@H](C)[C@@H](CC/C(=N\OCc3ccccc3)CO2)[C@]1(C)O. The summed E-state index contributed by atoms with van der Waals surface area (Å²) < 4.78 is 28.4. The zero-order valence-electron chi connectivity index (χ0n) is 27.5. The third-order valence-electron chi connectivity index (χ3n) is 9.40. The molecule has 246 valence electrons. The van der Waals surface area contributed by atoms with E-state index >= 15 is 4.39 Å². The Balaban J connectivity index is 2.19. The highest BCUT2D eigenvalue weighted by atomic mass is 19.1. The number of amides is 1. The highest BCUT2D eigenvalue weighted by Crippen LogP contribution is 2.42. The number of rotatable bonds is 4. The van der Waals surface area contributed by atoms with Gasteiger partial charge in [-0.15, -0.1) is 0 Å². The number of aliphatic imine (C=N–C) groups is 1. The van der Waals surface area contributed by atoms with Crippen LogP contribution in [-0.4, -0.2) is 69.2 Å². The van der Waals surface area contributed by atoms with Crippen molar-refractivity contribution < 1.29 is 38.5 Å². The molecule has 9 nitrogen and oxygen atoms in total. The molecule has 0 aliphatic carbocycles. The number of halogens is 1. The number of hydrogen-bond donors (Lipinski definition) is 2. The van der Waals surface area contributed by atoms with Crippen molar-refractivity contribution in [1.29, 1.82) is 0 Å². The second-order valence-corrected chi connectivity index (χ2v) is 13.4. The monoisotopic (exact) mass is 618 g/mol. The van der Waals surface area contributed by atoms with Gasteiger partial charge in [0.25, 0.3) is 0 Å². The van der Waals surface area contributed by atoms with E-state index in [-0.39, 0.29) is 37.9 Å². The van der Waals surface area contributed by atoms with E-state index in [4.69, 9.17) is 14.3 Å². The molecule has 2 aliphatic rings. The van der Waals surface area contributed by atoms with Gasteiger partial charge in [0.05, 0.1) is 29.6 Å². The van der Waals surface area contributed by atoms with Crippen LogP contribution in [0.5, 0.6) is 0 Å². The summed E-state index contributed by atoms with van der Waals surface area (Å²) >= 11 is 0. The van der Waals surface area contributed by atoms with Crippen LogP contribution in [0.1, 0.15) is 93.1 Å². The van der Waals surface area contributed by atoms with Crippen LogP contribution in [0.4, 0.5) is 4.39 Å². The smallest absolute Gasteiger partial charge is 0.242 e. The van der Waals surface area contributed by atoms with E-state index in [9.17, 15) is 19.8 Å². The number of hydrogen-bond acceptors (Lipinski definition) is 8. The van der Waals surface area contributed by atoms with Crippen LogP contribution in [0.2, 0.25) is 0 Å². The Hall–Kier alpha value is -2.53. The lowest BCUT2D eigenvalue weighted by Crippen LogP contribution is -2.56. The Morgan fingerprint density at radius 3 is 2.36 bits per heavy atom. The molecule has 1 aromatic carbocycles. The van der Waals surface area contributed by atoms with E-state index in [1.165, 1.54) is 6.92 Å². The number of alkyl halides is 1. The molecule has 0 spiro atoms. The number of carbonyl (C=O) groups excluding carboxylic acids is 2. The molecule has 10 heteroatoms. The van der Waals surface area contributed by atoms with E-state index < -0.39 is 52.8 Å². The lowest BCUT2D eigenvalue weighted by Gasteiger charge is -2.45. The average Bonchev–Trinajstić information content (AvgIpc) is 2.96. The number of oxime groups is 1. The molecule has 0 saturated carbocycles. The molecule has 2 bridgehead atoms. The topological polar surface area (TPSA) is 127 Å². The molecule has 2 N–H and O–H groups in total. The Morgan fingerprint density at radius 1 is 1.11 bits per heavy atom. The van der Waals surface area contributed by atoms with E-state index in [2.05, 4.69) is 10.1 Å². The summed E-state index contributed by atoms with van der Waals surface area (Å²) in [6, 6.07) is 9.64. The van der Waals surface area contributed by atoms with Crippen molar-refractivity contribution in [2.45, 2.75) is 123 Å². The summed E-state index contributed by atoms with van der Waals surface area (Å²) in [6.45, 7) is 13.5. The Morgan fingerprint density at radius 2 is 1.75 bits per heavy atom. The fourth-order valence-corrected chi connectivity index (χ4v) is 7.06. The van der Waals surface area contributed by atoms with E-state index in [1.54, 1.807) is 20.8 Å². The predicted molar refractivity (Wildman–Crippen MR) is 167 cm³/mol. The number of fused-ring (bicyclic) bond motifs is 5. The summed E-state index contributed by atoms with van der Waals surface area (Å²) in [6.07, 6.45) is -1.65. The molecule has 44 heavy (non-hydrogen) atoms. The molecule has 9 atom stereocenters. The van der Waals surface area contributed by atoms with E-state index in [0.29, 0.717) is 30.7 Å². The minimum atomic E-state index is -2.72. The van der Waals surface area contributed by atoms with Gasteiger partial charge < -0.3 is 24.5 Å². The maximum Gasteiger partial charge on any atom is 0.242 e. The van der Waals surface area contributed by atoms with Gasteiger partial charge in [-0.05, 0) is 70.3 Å². The van der Waals surface area contributed by atoms with Crippen LogP contribution in [-0.2, 0) is 30.5 Å². The summed E-state index contributed by atoms with van der Waals surface area (Å²) in [4.78, 5) is 36.1. The first-order valence-corrected chi connectivity index (χ1v) is 15.8. The van der Waals surface area contributed by atoms with Crippen molar-refractivity contribution in [2.24, 2.45) is 33.8 Å². The van der Waals surface area contributed by atoms with E-state index in [0.717, 1.165) is 12.5 Å². The maximum atomic E-state index is 16.0. The fourth-order valence-electron chi connectivity index (χ4n) is 7.06. The van der Waals surface area contributed by atoms with Gasteiger partial charge in [-0.25, -0.2) is 9.38 Å². The minimum Gasteiger partial charge on any atom is -0.391 e. The summed E-state index contributed by atoms with van der Waals surface area (Å²) in [5, 5.41) is 27.6. The quantitative estimate of drug-likeness (QED) is 0.421. The molecule has 3 rings (SSSR count). The van der Waals surface area contributed by atoms with Gasteiger partial charge in [0.1, 0.15) is 6.61 Å². The van der Waals surface area contributed by atoms with Crippen LogP contribution in [0.3, 0.4) is 0 Å². The number of aliphatic hydroxyl groups excluding tert-OH is 1. The van der Waals surface area contributed by atoms with Gasteiger partial charge in [-0.2, -0.15) is 0 Å². The normalized spacial score (nSPS) is 39.8. The Labute approximate surface area is 261 Å². The van der Waals surface area contributed by atoms with Gasteiger partial charge in [0, 0.05) is 24.5 Å². The summed E-state index contributed by atoms with van der Waals surface area (Å²) in [5.74, 6) is -3.29. The third kappa shape index (κ3) is 8.59. The standard InChI is InChI=1S/C34H51FN2O7/c1-9-28-34(8,41)27-16-15-26(37-43-19-25-13-11-10-12-14-25)20-42-32(6,17-21(2)29(23(27)4)36-24(5)38)18-22(3)30(39)33(7,35)31(40)44-28/h10-14,21-23,27-28,31,40-41H,9,15-20H2,1-8H3/b36-29?,37-26+/t21-,22-,23-,27-,28-,31+,32-,33+,34+/m1/s1. The predicted octanol–water partition coefficient (Wildman–Crippen LogP) is 5.60. The molecule has 2 heterocycles. The van der Waals surface area contributed by atoms with Crippen LogP contribution >= 0.6 is 0 Å². The number of Topliss-reactive ketones (excluding diaryl/α,β-unsaturated/α-hetero) is 1. The second-order valence-electron chi connectivity index (χ2n) is 13.4. The molecule has 0 radical (unpaired) electrons. The molecule has 2 fully saturated rings. The second kappa shape index (κ2) is 14.7. The molecule has 0 aromatic heterocycles. The number of benzene rings is 1. The molecule has 1 aromatic rings. The zero-order valence-corrected chi connectivity index (χ0v) is 27.5. The van der Waals surface area contributed by atoms with Gasteiger partial charge in [0.2, 0.25) is 11.6 Å². The van der Waals surface area contributed by atoms with Crippen molar-refractivity contribution in [3.63, 3.8) is 0 Å². The van der Waals surface area contributed by atoms with Crippen LogP contribution in [0, 0.1) is 23.7 Å². The maximum absolute atomic E-state index is 16.0. The largest absolute Gasteiger partial charge is 0.391 e. The first kappa shape index (κ1) is 35.9. The molecular weight excluding hydrogens is 567 g/mol. The zero-order chi connectivity index (χ0) is 32.9. The van der Waals surface area contributed by atoms with Crippen LogP contribution < -0.4 is 0 Å². The van der Waals surface area contributed by atoms with Crippen molar-refractivity contribution in [3.8, 4) is 0 Å². The van der Waals surface area contributed by atoms with E-state index in [1.807, 2.05) is 51.1 Å². The number of carbonyl (C=O) groups is 2. The number of aliphatic hydroxyl groups is 2. The van der Waals surface area contributed by atoms with Crippen molar-refractivity contribution in [1.82, 2.24) is 0 Å². The molecule has 0 unspecified atom stereocenters. The molecule has 2 saturated heterocycles. The number of ether oxygens (including phenoxy) is 2. The molecule has 2 aliphatic heterocycles. The first-order valence-electron chi connectivity index (χ1n) is 15.8. The first-order chi connectivity index (χ1) is 20.5. The lowest BCUT2D eigenvalue weighted by molar-refractivity contribution is -0.245. The highest BCUT2D eigenvalue weighted by molar-refractivity contribution is 5.97. The third-order valence-corrected chi connectivity index (χ3v) is 9.40. The minimum absolute atomic E-state index is 0.0879. The highest BCUT2D eigenvalue weighted by Gasteiger charge is 2.51. The van der Waals surface area contributed by atoms with Crippen molar-refractivity contribution >= 4 is 23.1 Å². The number of nitrogens with zero attached hydrogens (tertiary/aromatic N) is 2.